The Morgan fingerprint density at radius 1 is 1.04 bits per heavy atom. The van der Waals surface area contributed by atoms with E-state index in [0.29, 0.717) is 5.69 Å². The van der Waals surface area contributed by atoms with Crippen molar-refractivity contribution < 1.29 is 9.59 Å². The molecule has 3 rings (SSSR count). The van der Waals surface area contributed by atoms with E-state index in [-0.39, 0.29) is 5.91 Å². The molecule has 1 aromatic rings. The van der Waals surface area contributed by atoms with Crippen molar-refractivity contribution in [3.8, 4) is 0 Å². The van der Waals surface area contributed by atoms with E-state index in [2.05, 4.69) is 21.8 Å². The van der Waals surface area contributed by atoms with Crippen LogP contribution < -0.4 is 4.90 Å². The zero-order valence-corrected chi connectivity index (χ0v) is 13.5. The molecule has 0 bridgehead atoms. The molecule has 3 heterocycles. The second-order valence-corrected chi connectivity index (χ2v) is 6.13. The third kappa shape index (κ3) is 3.61. The van der Waals surface area contributed by atoms with Gasteiger partial charge in [-0.25, -0.2) is 4.98 Å². The number of carbonyl (C=O) groups is 2. The average molecular weight is 317 g/mol. The number of nitrogens with zero attached hydrogens (tertiary/aromatic N) is 5. The van der Waals surface area contributed by atoms with Crippen molar-refractivity contribution in [2.45, 2.75) is 0 Å². The van der Waals surface area contributed by atoms with Gasteiger partial charge >= 0.3 is 0 Å². The number of amides is 2. The molecular formula is C16H23N5O2. The van der Waals surface area contributed by atoms with Crippen LogP contribution in [0.1, 0.15) is 10.5 Å². The summed E-state index contributed by atoms with van der Waals surface area (Å²) in [5.41, 5.74) is 1.51. The normalized spacial score (nSPS) is 19.8. The Bertz CT molecular complexity index is 546. The molecule has 0 aromatic carbocycles. The first-order valence-electron chi connectivity index (χ1n) is 8.05. The van der Waals surface area contributed by atoms with Gasteiger partial charge in [0.1, 0.15) is 5.69 Å². The maximum Gasteiger partial charge on any atom is 0.272 e. The molecule has 124 valence electrons. The van der Waals surface area contributed by atoms with E-state index >= 15 is 0 Å². The standard InChI is InChI=1S/C16H23N5O2/c1-18-4-8-21(9-5-18)16(23)15-3-2-14(12-17-15)20-10-6-19(13-22)7-11-20/h2-3,12-13H,4-11H2,1H3. The van der Waals surface area contributed by atoms with Crippen molar-refractivity contribution in [3.05, 3.63) is 24.0 Å². The predicted octanol–water partition coefficient (Wildman–Crippen LogP) is -0.252. The minimum absolute atomic E-state index is 0.00965. The van der Waals surface area contributed by atoms with Gasteiger partial charge in [0.2, 0.25) is 6.41 Å². The van der Waals surface area contributed by atoms with E-state index in [1.54, 1.807) is 11.1 Å². The Morgan fingerprint density at radius 2 is 1.74 bits per heavy atom. The Kier molecular flexibility index (Phi) is 4.76. The lowest BCUT2D eigenvalue weighted by molar-refractivity contribution is -0.118. The summed E-state index contributed by atoms with van der Waals surface area (Å²) in [6.07, 6.45) is 2.66. The van der Waals surface area contributed by atoms with Gasteiger partial charge in [-0.2, -0.15) is 0 Å². The van der Waals surface area contributed by atoms with Gasteiger partial charge in [-0.15, -0.1) is 0 Å². The van der Waals surface area contributed by atoms with E-state index in [1.165, 1.54) is 0 Å². The molecule has 23 heavy (non-hydrogen) atoms. The van der Waals surface area contributed by atoms with E-state index in [9.17, 15) is 9.59 Å². The number of aromatic nitrogens is 1. The molecule has 0 atom stereocenters. The van der Waals surface area contributed by atoms with Crippen LogP contribution in [0.15, 0.2) is 18.3 Å². The van der Waals surface area contributed by atoms with Gasteiger partial charge < -0.3 is 19.6 Å². The van der Waals surface area contributed by atoms with Gasteiger partial charge in [-0.1, -0.05) is 0 Å². The van der Waals surface area contributed by atoms with Crippen LogP contribution in [-0.4, -0.2) is 91.4 Å². The monoisotopic (exact) mass is 317 g/mol. The van der Waals surface area contributed by atoms with Gasteiger partial charge in [0.25, 0.3) is 5.91 Å². The first-order chi connectivity index (χ1) is 11.2. The topological polar surface area (TPSA) is 60.0 Å². The average Bonchev–Trinajstić information content (AvgIpc) is 2.62. The molecule has 7 heteroatoms. The zero-order chi connectivity index (χ0) is 16.2. The van der Waals surface area contributed by atoms with Crippen molar-refractivity contribution in [3.63, 3.8) is 0 Å². The Hall–Kier alpha value is -2.15. The highest BCUT2D eigenvalue weighted by molar-refractivity contribution is 5.92. The van der Waals surface area contributed by atoms with Crippen LogP contribution in [0, 0.1) is 0 Å². The number of piperazine rings is 2. The Labute approximate surface area is 136 Å². The first kappa shape index (κ1) is 15.7. The molecule has 2 saturated heterocycles. The summed E-state index contributed by atoms with van der Waals surface area (Å²) in [6, 6.07) is 3.76. The van der Waals surface area contributed by atoms with Crippen molar-refractivity contribution in [2.75, 3.05) is 64.3 Å². The molecule has 0 saturated carbocycles. The highest BCUT2D eigenvalue weighted by Gasteiger charge is 2.22. The summed E-state index contributed by atoms with van der Waals surface area (Å²) in [7, 11) is 2.07. The summed E-state index contributed by atoms with van der Waals surface area (Å²) in [4.78, 5) is 35.6. The maximum atomic E-state index is 12.5. The van der Waals surface area contributed by atoms with Crippen LogP contribution >= 0.6 is 0 Å². The van der Waals surface area contributed by atoms with Crippen LogP contribution in [0.25, 0.3) is 0 Å². The second kappa shape index (κ2) is 6.95. The van der Waals surface area contributed by atoms with Crippen molar-refractivity contribution in [1.29, 1.82) is 0 Å². The van der Waals surface area contributed by atoms with E-state index in [1.807, 2.05) is 17.0 Å². The summed E-state index contributed by atoms with van der Waals surface area (Å²) in [6.45, 7) is 6.38. The second-order valence-electron chi connectivity index (χ2n) is 6.13. The fraction of sp³-hybridized carbons (Fsp3) is 0.562. The minimum Gasteiger partial charge on any atom is -0.367 e. The zero-order valence-electron chi connectivity index (χ0n) is 13.5. The summed E-state index contributed by atoms with van der Waals surface area (Å²) in [5, 5.41) is 0. The smallest absolute Gasteiger partial charge is 0.272 e. The van der Waals surface area contributed by atoms with E-state index in [0.717, 1.165) is 64.5 Å². The number of anilines is 1. The number of carbonyl (C=O) groups excluding carboxylic acids is 2. The van der Waals surface area contributed by atoms with Gasteiger partial charge in [-0.05, 0) is 19.2 Å². The van der Waals surface area contributed by atoms with Crippen molar-refractivity contribution >= 4 is 18.0 Å². The number of hydrogen-bond acceptors (Lipinski definition) is 5. The molecule has 0 spiro atoms. The fourth-order valence-corrected chi connectivity index (χ4v) is 2.96. The quantitative estimate of drug-likeness (QED) is 0.720. The summed E-state index contributed by atoms with van der Waals surface area (Å²) >= 11 is 0. The van der Waals surface area contributed by atoms with Crippen LogP contribution in [-0.2, 0) is 4.79 Å². The van der Waals surface area contributed by atoms with Crippen molar-refractivity contribution in [1.82, 2.24) is 19.7 Å². The molecule has 2 amide bonds. The maximum absolute atomic E-state index is 12.5. The third-order valence-electron chi connectivity index (χ3n) is 4.59. The highest BCUT2D eigenvalue weighted by atomic mass is 16.2. The van der Waals surface area contributed by atoms with Gasteiger partial charge in [-0.3, -0.25) is 9.59 Å². The van der Waals surface area contributed by atoms with Crippen LogP contribution in [0.2, 0.25) is 0 Å². The van der Waals surface area contributed by atoms with Crippen molar-refractivity contribution in [2.24, 2.45) is 0 Å². The summed E-state index contributed by atoms with van der Waals surface area (Å²) < 4.78 is 0. The SMILES string of the molecule is CN1CCN(C(=O)c2ccc(N3CCN(C=O)CC3)cn2)CC1. The van der Waals surface area contributed by atoms with E-state index in [4.69, 9.17) is 0 Å². The van der Waals surface area contributed by atoms with Gasteiger partial charge in [0.15, 0.2) is 0 Å². The van der Waals surface area contributed by atoms with Crippen LogP contribution in [0.3, 0.4) is 0 Å². The number of pyridine rings is 1. The van der Waals surface area contributed by atoms with Gasteiger partial charge in [0, 0.05) is 52.4 Å². The lowest BCUT2D eigenvalue weighted by Gasteiger charge is -2.34. The summed E-state index contributed by atoms with van der Waals surface area (Å²) in [5.74, 6) is 0.00965. The predicted molar refractivity (Wildman–Crippen MR) is 87.5 cm³/mol. The molecule has 0 N–H and O–H groups in total. The van der Waals surface area contributed by atoms with E-state index < -0.39 is 0 Å². The molecule has 7 nitrogen and oxygen atoms in total. The van der Waals surface area contributed by atoms with Gasteiger partial charge in [0.05, 0.1) is 11.9 Å². The highest BCUT2D eigenvalue weighted by Crippen LogP contribution is 2.16. The van der Waals surface area contributed by atoms with Crippen LogP contribution in [0.4, 0.5) is 5.69 Å². The number of likely N-dealkylation sites (N-methyl/N-ethyl adjacent to an activating group) is 1. The molecule has 0 unspecified atom stereocenters. The molecule has 0 radical (unpaired) electrons. The third-order valence-corrected chi connectivity index (χ3v) is 4.59. The first-order valence-corrected chi connectivity index (χ1v) is 8.05. The Morgan fingerprint density at radius 3 is 2.30 bits per heavy atom. The largest absolute Gasteiger partial charge is 0.367 e. The number of hydrogen-bond donors (Lipinski definition) is 0. The molecular weight excluding hydrogens is 294 g/mol. The lowest BCUT2D eigenvalue weighted by atomic mass is 10.2. The minimum atomic E-state index is 0.00965. The lowest BCUT2D eigenvalue weighted by Crippen LogP contribution is -2.47. The molecule has 2 fully saturated rings. The molecule has 2 aliphatic rings. The molecule has 2 aliphatic heterocycles. The fourth-order valence-electron chi connectivity index (χ4n) is 2.96. The molecule has 0 aliphatic carbocycles. The van der Waals surface area contributed by atoms with Crippen LogP contribution in [0.5, 0.6) is 0 Å². The molecule has 1 aromatic heterocycles. The number of rotatable bonds is 3. The Balaban J connectivity index is 1.61.